The molecule has 0 aliphatic carbocycles. The molecule has 1 radical (unpaired) electrons. The zero-order chi connectivity index (χ0) is 25.1. The van der Waals surface area contributed by atoms with Gasteiger partial charge in [-0.3, -0.25) is 15.0 Å². The van der Waals surface area contributed by atoms with E-state index in [1.807, 2.05) is 12.1 Å². The standard InChI is InChI=1S/C12H8N2.C10H12BrNO5S.CH4O.Cu/c1-3-9-5-6-10-4-2-8-14-12(10)11(9)13-7-1;1-17-9-5-8(11)4-7(10(9)13)6-12-2-3-18(14,15)16;1-2;/h1-8H;4-6,13H,2-3H2,1H3,(H,14,15,16);2H,1H3;/q;;;+2/p-2. The average molecular weight is 612 g/mol. The van der Waals surface area contributed by atoms with E-state index in [1.54, 1.807) is 12.4 Å². The van der Waals surface area contributed by atoms with Gasteiger partial charge in [0.05, 0.1) is 40.6 Å². The molecule has 2 aromatic heterocycles. The first-order chi connectivity index (χ1) is 16.3. The molecule has 0 spiro atoms. The molecule has 0 atom stereocenters. The van der Waals surface area contributed by atoms with Gasteiger partial charge in [-0.1, -0.05) is 45.9 Å². The smallest absolute Gasteiger partial charge is 0.870 e. The first-order valence-corrected chi connectivity index (χ1v) is 12.2. The number of aromatic nitrogens is 2. The fourth-order valence-corrected chi connectivity index (χ4v) is 3.63. The third-order valence-electron chi connectivity index (χ3n) is 4.31. The number of ether oxygens (including phenoxy) is 1. The Kier molecular flexibility index (Phi) is 12.8. The Morgan fingerprint density at radius 1 is 1.06 bits per heavy atom. The molecule has 0 aliphatic rings. The first-order valence-electron chi connectivity index (χ1n) is 9.79. The Labute approximate surface area is 222 Å². The van der Waals surface area contributed by atoms with Gasteiger partial charge in [-0.05, 0) is 29.8 Å². The van der Waals surface area contributed by atoms with Crippen LogP contribution in [-0.2, 0) is 27.2 Å². The second-order valence-electron chi connectivity index (χ2n) is 6.54. The maximum Gasteiger partial charge on any atom is 2.00 e. The molecule has 0 saturated heterocycles. The Hall–Kier alpha value is -2.60. The molecule has 1 N–H and O–H groups in total. The quantitative estimate of drug-likeness (QED) is 0.157. The molecule has 35 heavy (non-hydrogen) atoms. The summed E-state index contributed by atoms with van der Waals surface area (Å²) >= 11 is 3.20. The van der Waals surface area contributed by atoms with Gasteiger partial charge in [0.1, 0.15) is 5.75 Å². The number of aliphatic hydroxyl groups excluding tert-OH is 1. The van der Waals surface area contributed by atoms with E-state index in [2.05, 4.69) is 55.2 Å². The minimum absolute atomic E-state index is 0. The number of aliphatic imine (C=N–C) groups is 1. The minimum atomic E-state index is -4.29. The van der Waals surface area contributed by atoms with E-state index in [-0.39, 0.29) is 40.7 Å². The van der Waals surface area contributed by atoms with Crippen LogP contribution in [0.15, 0.2) is 70.4 Å². The molecule has 12 heteroatoms. The molecule has 0 unspecified atom stereocenters. The summed E-state index contributed by atoms with van der Waals surface area (Å²) in [6.45, 7) is -0.180. The van der Waals surface area contributed by atoms with Crippen LogP contribution in [0.4, 0.5) is 0 Å². The second-order valence-corrected chi connectivity index (χ2v) is 8.98. The van der Waals surface area contributed by atoms with Crippen molar-refractivity contribution in [2.45, 2.75) is 0 Å². The number of hydrogen-bond acceptors (Lipinski definition) is 9. The molecule has 4 aromatic rings. The van der Waals surface area contributed by atoms with Crippen LogP contribution >= 0.6 is 15.9 Å². The van der Waals surface area contributed by atoms with E-state index in [9.17, 15) is 18.1 Å². The van der Waals surface area contributed by atoms with Gasteiger partial charge in [0.25, 0.3) is 0 Å². The van der Waals surface area contributed by atoms with Gasteiger partial charge < -0.3 is 19.5 Å². The van der Waals surface area contributed by atoms with Crippen LogP contribution in [0.2, 0.25) is 0 Å². The van der Waals surface area contributed by atoms with E-state index >= 15 is 0 Å². The fourth-order valence-electron chi connectivity index (χ4n) is 2.84. The summed E-state index contributed by atoms with van der Waals surface area (Å²) in [6.07, 6.45) is 4.83. The predicted octanol–water partition coefficient (Wildman–Crippen LogP) is 2.88. The maximum absolute atomic E-state index is 11.7. The van der Waals surface area contributed by atoms with E-state index in [0.29, 0.717) is 4.47 Å². The SMILES string of the molecule is CO.COc1cc(Br)cc(C=NCCS(=O)(=O)[O-])c1[O-].[Cu+2].c1cnc2c(c1)ccc1cccnc12. The summed E-state index contributed by atoms with van der Waals surface area (Å²) in [5.74, 6) is -0.792. The number of hydrogen-bond donors (Lipinski definition) is 1. The Balaban J connectivity index is 0.000000324. The minimum Gasteiger partial charge on any atom is -0.870 e. The van der Waals surface area contributed by atoms with Crippen molar-refractivity contribution in [1.29, 1.82) is 0 Å². The Morgan fingerprint density at radius 3 is 2.09 bits per heavy atom. The van der Waals surface area contributed by atoms with Gasteiger partial charge in [0.15, 0.2) is 0 Å². The van der Waals surface area contributed by atoms with E-state index < -0.39 is 15.9 Å². The van der Waals surface area contributed by atoms with Crippen LogP contribution in [0, 0.1) is 0 Å². The van der Waals surface area contributed by atoms with Gasteiger partial charge in [0.2, 0.25) is 0 Å². The van der Waals surface area contributed by atoms with Crippen LogP contribution in [0.5, 0.6) is 11.5 Å². The normalized spacial score (nSPS) is 10.7. The summed E-state index contributed by atoms with van der Waals surface area (Å²) in [6, 6.07) is 15.2. The third kappa shape index (κ3) is 9.17. The number of halogens is 1. The molecule has 4 rings (SSSR count). The van der Waals surface area contributed by atoms with Gasteiger partial charge in [0, 0.05) is 41.0 Å². The number of pyridine rings is 2. The molecule has 0 fully saturated rings. The molecule has 2 aromatic carbocycles. The number of benzene rings is 2. The van der Waals surface area contributed by atoms with Crippen LogP contribution in [0.3, 0.4) is 0 Å². The van der Waals surface area contributed by atoms with Crippen molar-refractivity contribution < 1.29 is 45.0 Å². The molecule has 0 aliphatic heterocycles. The van der Waals surface area contributed by atoms with Crippen molar-refractivity contribution in [3.05, 3.63) is 71.0 Å². The molecule has 0 amide bonds. The van der Waals surface area contributed by atoms with Crippen LogP contribution < -0.4 is 9.84 Å². The van der Waals surface area contributed by atoms with Crippen molar-refractivity contribution in [2.24, 2.45) is 4.99 Å². The van der Waals surface area contributed by atoms with Crippen LogP contribution in [-0.4, -0.2) is 60.8 Å². The molecule has 2 heterocycles. The second kappa shape index (κ2) is 14.7. The summed E-state index contributed by atoms with van der Waals surface area (Å²) in [5.41, 5.74) is 2.21. The van der Waals surface area contributed by atoms with Crippen LogP contribution in [0.1, 0.15) is 5.56 Å². The molecule has 0 saturated carbocycles. The average Bonchev–Trinajstić information content (AvgIpc) is 2.84. The summed E-state index contributed by atoms with van der Waals surface area (Å²) in [7, 11) is -1.92. The largest absolute Gasteiger partial charge is 2.00 e. The topological polar surface area (TPSA) is 148 Å². The van der Waals surface area contributed by atoms with E-state index in [1.165, 1.54) is 25.5 Å². The fraction of sp³-hybridized carbons (Fsp3) is 0.174. The third-order valence-corrected chi connectivity index (χ3v) is 5.45. The van der Waals surface area contributed by atoms with E-state index in [4.69, 9.17) is 9.84 Å². The zero-order valence-electron chi connectivity index (χ0n) is 18.7. The molecular weight excluding hydrogens is 590 g/mol. The number of methoxy groups -OCH3 is 1. The molecule has 9 nitrogen and oxygen atoms in total. The summed E-state index contributed by atoms with van der Waals surface area (Å²) in [5, 5.41) is 21.0. The van der Waals surface area contributed by atoms with Gasteiger partial charge in [-0.15, -0.1) is 0 Å². The Morgan fingerprint density at radius 2 is 1.60 bits per heavy atom. The molecule has 189 valence electrons. The van der Waals surface area contributed by atoms with E-state index in [0.717, 1.165) is 28.9 Å². The van der Waals surface area contributed by atoms with Crippen molar-refractivity contribution in [2.75, 3.05) is 26.5 Å². The van der Waals surface area contributed by atoms with Crippen molar-refractivity contribution in [3.63, 3.8) is 0 Å². The summed E-state index contributed by atoms with van der Waals surface area (Å²) in [4.78, 5) is 12.4. The first kappa shape index (κ1) is 30.4. The van der Waals surface area contributed by atoms with Crippen molar-refractivity contribution in [3.8, 4) is 11.5 Å². The number of fused-ring (bicyclic) bond motifs is 3. The van der Waals surface area contributed by atoms with Crippen molar-refractivity contribution >= 4 is 54.1 Å². The predicted molar refractivity (Wildman–Crippen MR) is 132 cm³/mol. The van der Waals surface area contributed by atoms with Gasteiger partial charge in [-0.2, -0.15) is 0 Å². The Bertz CT molecular complexity index is 1330. The van der Waals surface area contributed by atoms with Gasteiger partial charge >= 0.3 is 17.1 Å². The molecule has 0 bridgehead atoms. The monoisotopic (exact) mass is 610 g/mol. The molecular formula is C23H22BrCuN3O6S. The van der Waals surface area contributed by atoms with Crippen LogP contribution in [0.25, 0.3) is 21.8 Å². The number of rotatable bonds is 5. The van der Waals surface area contributed by atoms with Crippen molar-refractivity contribution in [1.82, 2.24) is 9.97 Å². The maximum atomic E-state index is 11.7. The summed E-state index contributed by atoms with van der Waals surface area (Å²) < 4.78 is 36.5. The zero-order valence-corrected chi connectivity index (χ0v) is 22.0. The van der Waals surface area contributed by atoms with Gasteiger partial charge in [-0.25, -0.2) is 8.42 Å². The number of nitrogens with zero attached hydrogens (tertiary/aromatic N) is 3. The number of aliphatic hydroxyl groups is 1.